The molecule has 0 saturated heterocycles. The Balaban J connectivity index is 2.17. The molecule has 0 amide bonds. The monoisotopic (exact) mass is 285 g/mol. The Morgan fingerprint density at radius 3 is 2.78 bits per heavy atom. The smallest absolute Gasteiger partial charge is 0.219 e. The van der Waals surface area contributed by atoms with E-state index in [9.17, 15) is 0 Å². The molecule has 18 heavy (non-hydrogen) atoms. The number of hydrogen-bond donors (Lipinski definition) is 0. The molecule has 4 nitrogen and oxygen atoms in total. The number of alkyl halides is 1. The lowest BCUT2D eigenvalue weighted by Crippen LogP contribution is -1.99. The molecule has 2 rings (SSSR count). The second kappa shape index (κ2) is 5.59. The first-order valence-corrected chi connectivity index (χ1v) is 6.44. The summed E-state index contributed by atoms with van der Waals surface area (Å²) in [4.78, 5) is 4.09. The van der Waals surface area contributed by atoms with Crippen molar-refractivity contribution in [1.82, 2.24) is 14.8 Å². The Labute approximate surface area is 115 Å². The SMILES string of the molecule is CC(C)n1cc(Oc2cc(CCl)c(Cl)cn2)cn1. The zero-order valence-electron chi connectivity index (χ0n) is 10.1. The molecule has 2 heterocycles. The summed E-state index contributed by atoms with van der Waals surface area (Å²) >= 11 is 11.7. The second-order valence-corrected chi connectivity index (χ2v) is 4.77. The van der Waals surface area contributed by atoms with Crippen LogP contribution in [0.1, 0.15) is 25.5 Å². The van der Waals surface area contributed by atoms with E-state index in [2.05, 4.69) is 10.1 Å². The highest BCUT2D eigenvalue weighted by Gasteiger charge is 2.07. The summed E-state index contributed by atoms with van der Waals surface area (Å²) < 4.78 is 7.41. The maximum atomic E-state index is 5.93. The Hall–Kier alpha value is -1.26. The van der Waals surface area contributed by atoms with Gasteiger partial charge >= 0.3 is 0 Å². The minimum absolute atomic E-state index is 0.291. The molecule has 2 aromatic heterocycles. The number of ether oxygens (including phenoxy) is 1. The summed E-state index contributed by atoms with van der Waals surface area (Å²) in [6.07, 6.45) is 5.00. The van der Waals surface area contributed by atoms with Crippen molar-refractivity contribution < 1.29 is 4.74 Å². The molecule has 0 bridgehead atoms. The first-order chi connectivity index (χ1) is 8.60. The average molecular weight is 286 g/mol. The summed E-state index contributed by atoms with van der Waals surface area (Å²) in [6, 6.07) is 2.01. The number of pyridine rings is 1. The zero-order valence-corrected chi connectivity index (χ0v) is 11.6. The van der Waals surface area contributed by atoms with Crippen LogP contribution in [-0.4, -0.2) is 14.8 Å². The first-order valence-electron chi connectivity index (χ1n) is 5.52. The molecule has 2 aromatic rings. The van der Waals surface area contributed by atoms with E-state index in [4.69, 9.17) is 27.9 Å². The number of nitrogens with zero attached hydrogens (tertiary/aromatic N) is 3. The minimum atomic E-state index is 0.291. The topological polar surface area (TPSA) is 39.9 Å². The standard InChI is InChI=1S/C12H13Cl2N3O/c1-8(2)17-7-10(5-16-17)18-12-3-9(4-13)11(14)6-15-12/h3,5-8H,4H2,1-2H3. The van der Waals surface area contributed by atoms with Crippen molar-refractivity contribution >= 4 is 23.2 Å². The molecular weight excluding hydrogens is 273 g/mol. The average Bonchev–Trinajstić information content (AvgIpc) is 2.80. The molecule has 0 aromatic carbocycles. The summed E-state index contributed by atoms with van der Waals surface area (Å²) in [5, 5.41) is 4.72. The number of halogens is 2. The molecule has 0 aliphatic carbocycles. The fourth-order valence-electron chi connectivity index (χ4n) is 1.39. The van der Waals surface area contributed by atoms with Crippen LogP contribution in [-0.2, 0) is 5.88 Å². The van der Waals surface area contributed by atoms with Gasteiger partial charge in [0.2, 0.25) is 5.88 Å². The van der Waals surface area contributed by atoms with Crippen LogP contribution >= 0.6 is 23.2 Å². The van der Waals surface area contributed by atoms with E-state index >= 15 is 0 Å². The molecule has 96 valence electrons. The highest BCUT2D eigenvalue weighted by molar-refractivity contribution is 6.32. The van der Waals surface area contributed by atoms with E-state index < -0.39 is 0 Å². The van der Waals surface area contributed by atoms with Gasteiger partial charge in [0.1, 0.15) is 0 Å². The summed E-state index contributed by atoms with van der Waals surface area (Å²) in [5.41, 5.74) is 0.791. The first kappa shape index (κ1) is 13.2. The second-order valence-electron chi connectivity index (χ2n) is 4.10. The third kappa shape index (κ3) is 2.94. The lowest BCUT2D eigenvalue weighted by Gasteiger charge is -2.05. The maximum absolute atomic E-state index is 5.93. The summed E-state index contributed by atoms with van der Waals surface area (Å²) in [5.74, 6) is 1.42. The Bertz CT molecular complexity index is 540. The fraction of sp³-hybridized carbons (Fsp3) is 0.333. The van der Waals surface area contributed by atoms with Crippen LogP contribution in [0.2, 0.25) is 5.02 Å². The molecule has 0 N–H and O–H groups in total. The summed E-state index contributed by atoms with van der Waals surface area (Å²) in [6.45, 7) is 4.09. The van der Waals surface area contributed by atoms with Gasteiger partial charge in [0.05, 0.1) is 17.4 Å². The van der Waals surface area contributed by atoms with Crippen molar-refractivity contribution in [3.05, 3.63) is 35.2 Å². The van der Waals surface area contributed by atoms with Gasteiger partial charge in [0, 0.05) is 24.2 Å². The fourth-order valence-corrected chi connectivity index (χ4v) is 1.85. The minimum Gasteiger partial charge on any atom is -0.436 e. The molecule has 0 aliphatic heterocycles. The van der Waals surface area contributed by atoms with Crippen molar-refractivity contribution in [3.8, 4) is 11.6 Å². The summed E-state index contributed by atoms with van der Waals surface area (Å²) in [7, 11) is 0. The third-order valence-corrected chi connectivity index (χ3v) is 3.01. The van der Waals surface area contributed by atoms with Crippen LogP contribution in [0.3, 0.4) is 0 Å². The van der Waals surface area contributed by atoms with Gasteiger partial charge in [-0.3, -0.25) is 4.68 Å². The van der Waals surface area contributed by atoms with Gasteiger partial charge in [-0.25, -0.2) is 4.98 Å². The van der Waals surface area contributed by atoms with E-state index in [0.29, 0.717) is 28.6 Å². The van der Waals surface area contributed by atoms with Crippen molar-refractivity contribution in [3.63, 3.8) is 0 Å². The number of hydrogen-bond acceptors (Lipinski definition) is 3. The van der Waals surface area contributed by atoms with Crippen molar-refractivity contribution in [2.24, 2.45) is 0 Å². The lowest BCUT2D eigenvalue weighted by atomic mass is 10.3. The molecule has 6 heteroatoms. The van der Waals surface area contributed by atoms with Crippen LogP contribution in [0.15, 0.2) is 24.7 Å². The van der Waals surface area contributed by atoms with Crippen molar-refractivity contribution in [1.29, 1.82) is 0 Å². The molecule has 0 spiro atoms. The quantitative estimate of drug-likeness (QED) is 0.796. The molecular formula is C12H13Cl2N3O. The molecule has 0 fully saturated rings. The van der Waals surface area contributed by atoms with Gasteiger partial charge in [0.25, 0.3) is 0 Å². The molecule has 0 aliphatic rings. The van der Waals surface area contributed by atoms with Gasteiger partial charge in [-0.1, -0.05) is 11.6 Å². The Morgan fingerprint density at radius 2 is 2.17 bits per heavy atom. The molecule has 0 atom stereocenters. The van der Waals surface area contributed by atoms with Crippen molar-refractivity contribution in [2.45, 2.75) is 25.8 Å². The van der Waals surface area contributed by atoms with E-state index in [-0.39, 0.29) is 0 Å². The van der Waals surface area contributed by atoms with Gasteiger partial charge in [0.15, 0.2) is 5.75 Å². The highest BCUT2D eigenvalue weighted by Crippen LogP contribution is 2.25. The van der Waals surface area contributed by atoms with Crippen LogP contribution < -0.4 is 4.74 Å². The van der Waals surface area contributed by atoms with E-state index in [1.807, 2.05) is 24.7 Å². The predicted octanol–water partition coefficient (Wildman–Crippen LogP) is 4.04. The van der Waals surface area contributed by atoms with Gasteiger partial charge in [-0.2, -0.15) is 5.10 Å². The normalized spacial score (nSPS) is 10.9. The predicted molar refractivity (Wildman–Crippen MR) is 71.5 cm³/mol. The van der Waals surface area contributed by atoms with Gasteiger partial charge in [-0.15, -0.1) is 11.6 Å². The van der Waals surface area contributed by atoms with E-state index in [0.717, 1.165) is 5.56 Å². The molecule has 0 radical (unpaired) electrons. The van der Waals surface area contributed by atoms with Crippen LogP contribution in [0.5, 0.6) is 11.6 Å². The van der Waals surface area contributed by atoms with Crippen LogP contribution in [0, 0.1) is 0 Å². The Kier molecular flexibility index (Phi) is 4.09. The van der Waals surface area contributed by atoms with Crippen LogP contribution in [0.4, 0.5) is 0 Å². The van der Waals surface area contributed by atoms with Crippen molar-refractivity contribution in [2.75, 3.05) is 0 Å². The highest BCUT2D eigenvalue weighted by atomic mass is 35.5. The van der Waals surface area contributed by atoms with E-state index in [1.165, 1.54) is 6.20 Å². The maximum Gasteiger partial charge on any atom is 0.219 e. The number of rotatable bonds is 4. The van der Waals surface area contributed by atoms with Crippen LogP contribution in [0.25, 0.3) is 0 Å². The lowest BCUT2D eigenvalue weighted by molar-refractivity contribution is 0.458. The molecule has 0 saturated carbocycles. The van der Waals surface area contributed by atoms with Gasteiger partial charge < -0.3 is 4.74 Å². The largest absolute Gasteiger partial charge is 0.436 e. The number of aromatic nitrogens is 3. The zero-order chi connectivity index (χ0) is 13.1. The van der Waals surface area contributed by atoms with E-state index in [1.54, 1.807) is 12.3 Å². The Morgan fingerprint density at radius 1 is 1.39 bits per heavy atom. The molecule has 0 unspecified atom stereocenters. The third-order valence-electron chi connectivity index (χ3n) is 2.38. The van der Waals surface area contributed by atoms with Gasteiger partial charge in [-0.05, 0) is 19.4 Å².